The third-order valence-corrected chi connectivity index (χ3v) is 6.44. The minimum absolute atomic E-state index is 0.980. The van der Waals surface area contributed by atoms with Crippen LogP contribution in [0.25, 0.3) is 0 Å². The van der Waals surface area contributed by atoms with E-state index in [-0.39, 0.29) is 0 Å². The lowest BCUT2D eigenvalue weighted by Gasteiger charge is -2.52. The molecule has 0 aromatic carbocycles. The van der Waals surface area contributed by atoms with Gasteiger partial charge in [0.15, 0.2) is 0 Å². The van der Waals surface area contributed by atoms with E-state index in [0.29, 0.717) is 0 Å². The van der Waals surface area contributed by atoms with Gasteiger partial charge in [0, 0.05) is 11.8 Å². The summed E-state index contributed by atoms with van der Waals surface area (Å²) < 4.78 is 5.44. The van der Waals surface area contributed by atoms with Crippen molar-refractivity contribution in [2.24, 2.45) is 23.7 Å². The van der Waals surface area contributed by atoms with Crippen molar-refractivity contribution in [2.45, 2.75) is 38.1 Å². The minimum atomic E-state index is 0.980. The Morgan fingerprint density at radius 1 is 0.895 bits per heavy atom. The van der Waals surface area contributed by atoms with Gasteiger partial charge in [-0.3, -0.25) is 0 Å². The third kappa shape index (κ3) is 2.57. The van der Waals surface area contributed by atoms with Crippen LogP contribution in [0.15, 0.2) is 0 Å². The summed E-state index contributed by atoms with van der Waals surface area (Å²) in [7, 11) is 0. The molecule has 0 amide bonds. The maximum Gasteiger partial charge on any atom is 0.127 e. The van der Waals surface area contributed by atoms with E-state index in [0.717, 1.165) is 42.9 Å². The van der Waals surface area contributed by atoms with Crippen LogP contribution in [-0.2, 0) is 4.74 Å². The second-order valence-corrected chi connectivity index (χ2v) is 7.64. The Morgan fingerprint density at radius 3 is 2.16 bits per heavy atom. The van der Waals surface area contributed by atoms with Gasteiger partial charge < -0.3 is 15.0 Å². The molecule has 4 bridgehead atoms. The van der Waals surface area contributed by atoms with E-state index in [1.54, 1.807) is 37.0 Å². The van der Waals surface area contributed by atoms with E-state index in [1.165, 1.54) is 26.2 Å². The van der Waals surface area contributed by atoms with Crippen LogP contribution in [0, 0.1) is 23.7 Å². The first-order valence-corrected chi connectivity index (χ1v) is 8.63. The summed E-state index contributed by atoms with van der Waals surface area (Å²) >= 11 is 0. The summed E-state index contributed by atoms with van der Waals surface area (Å²) in [6.45, 7) is 7.13. The van der Waals surface area contributed by atoms with Gasteiger partial charge in [0.25, 0.3) is 0 Å². The van der Waals surface area contributed by atoms with Gasteiger partial charge >= 0.3 is 0 Å². The van der Waals surface area contributed by atoms with E-state index in [2.05, 4.69) is 5.32 Å². The van der Waals surface area contributed by atoms with E-state index < -0.39 is 0 Å². The fourth-order valence-electron chi connectivity index (χ4n) is 5.74. The minimum Gasteiger partial charge on any atom is -0.370 e. The topological polar surface area (TPSA) is 30.3 Å². The standard InChI is InChI=1S/C16H28N2O/c1(2-18-3-5-19-6-4-18)17-16-14-8-12-7-13(10-14)11-15(16)9-12/h12-17H,1-11H2/p+2. The number of ether oxygens (including phenoxy) is 1. The zero-order chi connectivity index (χ0) is 12.7. The molecule has 4 aliphatic carbocycles. The number of morpholine rings is 1. The molecule has 108 valence electrons. The van der Waals surface area contributed by atoms with Crippen LogP contribution in [0.2, 0.25) is 0 Å². The smallest absolute Gasteiger partial charge is 0.127 e. The lowest BCUT2D eigenvalue weighted by atomic mass is 9.54. The third-order valence-electron chi connectivity index (χ3n) is 6.44. The van der Waals surface area contributed by atoms with Crippen LogP contribution in [0.4, 0.5) is 0 Å². The zero-order valence-electron chi connectivity index (χ0n) is 12.2. The first kappa shape index (κ1) is 12.6. The number of hydrogen-bond donors (Lipinski definition) is 2. The zero-order valence-corrected chi connectivity index (χ0v) is 12.2. The highest BCUT2D eigenvalue weighted by atomic mass is 16.5. The van der Waals surface area contributed by atoms with E-state index in [1.807, 2.05) is 0 Å². The molecule has 4 saturated carbocycles. The fraction of sp³-hybridized carbons (Fsp3) is 1.00. The van der Waals surface area contributed by atoms with Crippen molar-refractivity contribution in [3.05, 3.63) is 0 Å². The Balaban J connectivity index is 1.26. The summed E-state index contributed by atoms with van der Waals surface area (Å²) in [6.07, 6.45) is 7.85. The Labute approximate surface area is 117 Å². The average molecular weight is 266 g/mol. The maximum absolute atomic E-state index is 5.44. The lowest BCUT2D eigenvalue weighted by molar-refractivity contribution is -0.922. The maximum atomic E-state index is 5.44. The molecule has 3 nitrogen and oxygen atoms in total. The number of hydrogen-bond acceptors (Lipinski definition) is 1. The van der Waals surface area contributed by atoms with Gasteiger partial charge in [-0.2, -0.15) is 0 Å². The van der Waals surface area contributed by atoms with Gasteiger partial charge in [-0.25, -0.2) is 0 Å². The number of nitrogens with two attached hydrogens (primary N) is 1. The molecule has 0 aromatic heterocycles. The Kier molecular flexibility index (Phi) is 3.55. The molecule has 1 heterocycles. The highest BCUT2D eigenvalue weighted by Crippen LogP contribution is 2.52. The van der Waals surface area contributed by atoms with Crippen LogP contribution in [-0.4, -0.2) is 45.4 Å². The van der Waals surface area contributed by atoms with Crippen LogP contribution < -0.4 is 10.2 Å². The summed E-state index contributed by atoms with van der Waals surface area (Å²) in [6, 6.07) is 0.994. The first-order chi connectivity index (χ1) is 9.38. The molecule has 5 aliphatic rings. The predicted octanol–water partition coefficient (Wildman–Crippen LogP) is -0.710. The molecule has 0 spiro atoms. The molecule has 3 heteroatoms. The second-order valence-electron chi connectivity index (χ2n) is 7.64. The Bertz CT molecular complexity index is 286. The van der Waals surface area contributed by atoms with Crippen molar-refractivity contribution in [3.63, 3.8) is 0 Å². The molecule has 0 aromatic rings. The summed E-state index contributed by atoms with van der Waals surface area (Å²) in [5, 5.41) is 2.75. The quantitative estimate of drug-likeness (QED) is 0.692. The van der Waals surface area contributed by atoms with Crippen LogP contribution in [0.1, 0.15) is 32.1 Å². The van der Waals surface area contributed by atoms with Crippen molar-refractivity contribution >= 4 is 0 Å². The molecular weight excluding hydrogens is 236 g/mol. The number of rotatable bonds is 4. The van der Waals surface area contributed by atoms with Crippen LogP contribution in [0.5, 0.6) is 0 Å². The van der Waals surface area contributed by atoms with Gasteiger partial charge in [-0.1, -0.05) is 0 Å². The van der Waals surface area contributed by atoms with E-state index in [4.69, 9.17) is 4.74 Å². The lowest BCUT2D eigenvalue weighted by Crippen LogP contribution is -3.17. The molecule has 1 aliphatic heterocycles. The number of quaternary nitrogens is 2. The average Bonchev–Trinajstić information content (AvgIpc) is 2.42. The van der Waals surface area contributed by atoms with Crippen LogP contribution >= 0.6 is 0 Å². The van der Waals surface area contributed by atoms with Crippen molar-refractivity contribution in [3.8, 4) is 0 Å². The predicted molar refractivity (Wildman–Crippen MR) is 74.0 cm³/mol. The van der Waals surface area contributed by atoms with Crippen LogP contribution in [0.3, 0.4) is 0 Å². The van der Waals surface area contributed by atoms with Crippen molar-refractivity contribution in [1.82, 2.24) is 0 Å². The first-order valence-electron chi connectivity index (χ1n) is 8.63. The molecule has 5 rings (SSSR count). The molecule has 0 radical (unpaired) electrons. The molecule has 19 heavy (non-hydrogen) atoms. The van der Waals surface area contributed by atoms with Gasteiger partial charge in [-0.15, -0.1) is 0 Å². The highest BCUT2D eigenvalue weighted by molar-refractivity contribution is 4.97. The van der Waals surface area contributed by atoms with E-state index >= 15 is 0 Å². The molecule has 1 saturated heterocycles. The monoisotopic (exact) mass is 266 g/mol. The Hall–Kier alpha value is -0.120. The Morgan fingerprint density at radius 2 is 1.53 bits per heavy atom. The fourth-order valence-corrected chi connectivity index (χ4v) is 5.74. The van der Waals surface area contributed by atoms with Crippen molar-refractivity contribution in [2.75, 3.05) is 39.4 Å². The van der Waals surface area contributed by atoms with Gasteiger partial charge in [-0.05, 0) is 43.9 Å². The molecule has 5 fully saturated rings. The van der Waals surface area contributed by atoms with E-state index in [9.17, 15) is 0 Å². The van der Waals surface area contributed by atoms with Gasteiger partial charge in [0.05, 0.1) is 19.3 Å². The molecular formula is C16H30N2O+2. The summed E-state index contributed by atoms with van der Waals surface area (Å²) in [5.74, 6) is 4.40. The highest BCUT2D eigenvalue weighted by Gasteiger charge is 2.50. The normalized spacial score (nSPS) is 45.8. The largest absolute Gasteiger partial charge is 0.370 e. The second kappa shape index (κ2) is 5.34. The SMILES string of the molecule is C(C[NH+]1CCOCC1)[NH2+]C1C2CC3CC(C2)CC1C3. The number of nitrogens with one attached hydrogen (secondary N) is 1. The summed E-state index contributed by atoms with van der Waals surface area (Å²) in [4.78, 5) is 1.77. The molecule has 0 atom stereocenters. The van der Waals surface area contributed by atoms with Crippen molar-refractivity contribution in [1.29, 1.82) is 0 Å². The molecule has 0 unspecified atom stereocenters. The summed E-state index contributed by atoms with van der Waals surface area (Å²) in [5.41, 5.74) is 0. The van der Waals surface area contributed by atoms with Gasteiger partial charge in [0.2, 0.25) is 0 Å². The molecule has 3 N–H and O–H groups in total. The van der Waals surface area contributed by atoms with Crippen molar-refractivity contribution < 1.29 is 15.0 Å². The van der Waals surface area contributed by atoms with Gasteiger partial charge in [0.1, 0.15) is 26.2 Å².